The van der Waals surface area contributed by atoms with Crippen LogP contribution in [0.15, 0.2) is 30.3 Å². The smallest absolute Gasteiger partial charge is 0.264 e. The zero-order valence-electron chi connectivity index (χ0n) is 17.1. The summed E-state index contributed by atoms with van der Waals surface area (Å²) in [6.07, 6.45) is 3.43. The highest BCUT2D eigenvalue weighted by atomic mass is 32.1. The molecule has 1 atom stereocenters. The molecule has 1 aliphatic carbocycles. The number of aromatic hydroxyl groups is 1. The molecule has 1 saturated heterocycles. The molecule has 1 aromatic carbocycles. The van der Waals surface area contributed by atoms with Gasteiger partial charge in [-0.05, 0) is 54.4 Å². The van der Waals surface area contributed by atoms with Gasteiger partial charge in [-0.15, -0.1) is 11.3 Å². The Bertz CT molecular complexity index is 860. The molecule has 0 radical (unpaired) electrons. The molecule has 1 unspecified atom stereocenters. The van der Waals surface area contributed by atoms with Gasteiger partial charge in [-0.25, -0.2) is 0 Å². The summed E-state index contributed by atoms with van der Waals surface area (Å²) in [6.45, 7) is 9.86. The number of carbonyl (C=O) groups excluding carboxylic acids is 1. The van der Waals surface area contributed by atoms with Crippen LogP contribution in [0.2, 0.25) is 0 Å². The topological polar surface area (TPSA) is 43.8 Å². The van der Waals surface area contributed by atoms with Crippen LogP contribution in [0.3, 0.4) is 0 Å². The molecular weight excluding hydrogens is 368 g/mol. The van der Waals surface area contributed by atoms with E-state index in [2.05, 4.69) is 31.7 Å². The number of benzene rings is 1. The van der Waals surface area contributed by atoms with Gasteiger partial charge in [0.15, 0.2) is 0 Å². The van der Waals surface area contributed by atoms with E-state index in [9.17, 15) is 9.90 Å². The van der Waals surface area contributed by atoms with Crippen molar-refractivity contribution in [1.29, 1.82) is 0 Å². The number of piperazine rings is 1. The van der Waals surface area contributed by atoms with Crippen LogP contribution in [-0.2, 0) is 12.8 Å². The van der Waals surface area contributed by atoms with Gasteiger partial charge >= 0.3 is 0 Å². The summed E-state index contributed by atoms with van der Waals surface area (Å²) in [5.41, 5.74) is 2.57. The van der Waals surface area contributed by atoms with Crippen molar-refractivity contribution in [1.82, 2.24) is 4.90 Å². The second-order valence-corrected chi connectivity index (χ2v) is 10.3. The van der Waals surface area contributed by atoms with Gasteiger partial charge in [0, 0.05) is 31.1 Å². The summed E-state index contributed by atoms with van der Waals surface area (Å²) in [4.78, 5) is 19.5. The molecule has 2 aromatic rings. The third-order valence-electron chi connectivity index (χ3n) is 6.31. The van der Waals surface area contributed by atoms with Gasteiger partial charge in [0.1, 0.15) is 5.75 Å². The van der Waals surface area contributed by atoms with Crippen molar-refractivity contribution in [3.8, 4) is 5.75 Å². The number of aryl methyl sites for hydroxylation is 1. The van der Waals surface area contributed by atoms with Crippen LogP contribution in [0.4, 0.5) is 5.69 Å². The van der Waals surface area contributed by atoms with Gasteiger partial charge in [0.05, 0.1) is 10.6 Å². The highest BCUT2D eigenvalue weighted by Gasteiger charge is 2.31. The Hall–Kier alpha value is -2.01. The molecule has 1 fully saturated rings. The maximum Gasteiger partial charge on any atom is 0.264 e. The Labute approximate surface area is 171 Å². The Morgan fingerprint density at radius 2 is 1.86 bits per heavy atom. The number of thiophene rings is 1. The molecule has 2 aliphatic rings. The maximum absolute atomic E-state index is 13.1. The molecular formula is C23H30N2O2S. The Kier molecular flexibility index (Phi) is 5.13. The van der Waals surface area contributed by atoms with Crippen molar-refractivity contribution >= 4 is 22.9 Å². The predicted molar refractivity (Wildman–Crippen MR) is 116 cm³/mol. The van der Waals surface area contributed by atoms with Gasteiger partial charge in [0.25, 0.3) is 5.91 Å². The first-order valence-electron chi connectivity index (χ1n) is 10.3. The Morgan fingerprint density at radius 1 is 1.14 bits per heavy atom. The van der Waals surface area contributed by atoms with E-state index in [1.54, 1.807) is 17.4 Å². The lowest BCUT2D eigenvalue weighted by Crippen LogP contribution is -2.48. The van der Waals surface area contributed by atoms with Crippen LogP contribution in [0.5, 0.6) is 5.75 Å². The van der Waals surface area contributed by atoms with E-state index in [0.717, 1.165) is 36.5 Å². The number of fused-ring (bicyclic) bond motifs is 1. The van der Waals surface area contributed by atoms with Gasteiger partial charge in [-0.1, -0.05) is 32.9 Å². The zero-order chi connectivity index (χ0) is 19.9. The van der Waals surface area contributed by atoms with E-state index in [1.807, 2.05) is 23.1 Å². The fourth-order valence-corrected chi connectivity index (χ4v) is 5.58. The van der Waals surface area contributed by atoms with E-state index in [1.165, 1.54) is 16.9 Å². The lowest BCUT2D eigenvalue weighted by molar-refractivity contribution is 0.0751. The third kappa shape index (κ3) is 3.77. The van der Waals surface area contributed by atoms with Crippen molar-refractivity contribution in [3.05, 3.63) is 45.6 Å². The number of hydrogen-bond acceptors (Lipinski definition) is 4. The number of anilines is 1. The van der Waals surface area contributed by atoms with E-state index < -0.39 is 0 Å². The quantitative estimate of drug-likeness (QED) is 0.806. The summed E-state index contributed by atoms with van der Waals surface area (Å²) >= 11 is 1.70. The van der Waals surface area contributed by atoms with Gasteiger partial charge in [0.2, 0.25) is 0 Å². The zero-order valence-corrected chi connectivity index (χ0v) is 17.9. The minimum atomic E-state index is 0.170. The normalized spacial score (nSPS) is 20.2. The highest BCUT2D eigenvalue weighted by molar-refractivity contribution is 7.14. The first-order chi connectivity index (χ1) is 13.3. The van der Waals surface area contributed by atoms with Crippen molar-refractivity contribution in [2.75, 3.05) is 31.1 Å². The first kappa shape index (κ1) is 19.3. The van der Waals surface area contributed by atoms with Crippen molar-refractivity contribution < 1.29 is 9.90 Å². The van der Waals surface area contributed by atoms with Crippen LogP contribution in [-0.4, -0.2) is 42.1 Å². The van der Waals surface area contributed by atoms with E-state index in [0.29, 0.717) is 30.2 Å². The molecule has 1 aromatic heterocycles. The molecule has 1 amide bonds. The molecule has 2 heterocycles. The van der Waals surface area contributed by atoms with Crippen LogP contribution in [0.25, 0.3) is 0 Å². The van der Waals surface area contributed by atoms with E-state index in [4.69, 9.17) is 0 Å². The average Bonchev–Trinajstić information content (AvgIpc) is 3.11. The third-order valence-corrected chi connectivity index (χ3v) is 7.53. The number of carbonyl (C=O) groups is 1. The molecule has 5 heteroatoms. The molecule has 4 nitrogen and oxygen atoms in total. The fraction of sp³-hybridized carbons (Fsp3) is 0.522. The van der Waals surface area contributed by atoms with Crippen LogP contribution >= 0.6 is 11.3 Å². The Morgan fingerprint density at radius 3 is 2.54 bits per heavy atom. The van der Waals surface area contributed by atoms with Crippen molar-refractivity contribution in [2.24, 2.45) is 11.3 Å². The molecule has 0 bridgehead atoms. The van der Waals surface area contributed by atoms with Gasteiger partial charge in [-0.2, -0.15) is 0 Å². The van der Waals surface area contributed by atoms with Crippen LogP contribution in [0.1, 0.15) is 47.3 Å². The van der Waals surface area contributed by atoms with Gasteiger partial charge in [-0.3, -0.25) is 4.79 Å². The molecule has 0 spiro atoms. The number of rotatable bonds is 2. The predicted octanol–water partition coefficient (Wildman–Crippen LogP) is 4.57. The number of hydrogen-bond donors (Lipinski definition) is 1. The summed E-state index contributed by atoms with van der Waals surface area (Å²) in [5, 5.41) is 10.1. The molecule has 150 valence electrons. The largest absolute Gasteiger partial charge is 0.506 e. The standard InChI is InChI=1S/C23H30N2O2S/c1-23(2,3)17-8-9-20-16(14-17)15-21(28-20)22(27)25-12-10-24(11-13-25)18-6-4-5-7-19(18)26/h4-7,15,17,26H,8-14H2,1-3H3. The minimum absolute atomic E-state index is 0.170. The van der Waals surface area contributed by atoms with Crippen LogP contribution in [0, 0.1) is 11.3 Å². The second-order valence-electron chi connectivity index (χ2n) is 9.13. The number of para-hydroxylation sites is 2. The van der Waals surface area contributed by atoms with Gasteiger partial charge < -0.3 is 14.9 Å². The first-order valence-corrected chi connectivity index (χ1v) is 11.1. The summed E-state index contributed by atoms with van der Waals surface area (Å²) in [7, 11) is 0. The van der Waals surface area contributed by atoms with E-state index in [-0.39, 0.29) is 5.91 Å². The average molecular weight is 399 g/mol. The minimum Gasteiger partial charge on any atom is -0.506 e. The summed E-state index contributed by atoms with van der Waals surface area (Å²) in [6, 6.07) is 9.59. The Balaban J connectivity index is 1.41. The molecule has 4 rings (SSSR count). The van der Waals surface area contributed by atoms with Crippen molar-refractivity contribution in [2.45, 2.75) is 40.0 Å². The monoisotopic (exact) mass is 398 g/mol. The molecule has 0 saturated carbocycles. The molecule has 1 N–H and O–H groups in total. The molecule has 28 heavy (non-hydrogen) atoms. The number of amides is 1. The number of phenols is 1. The lowest BCUT2D eigenvalue weighted by Gasteiger charge is -2.36. The maximum atomic E-state index is 13.1. The lowest BCUT2D eigenvalue weighted by atomic mass is 9.72. The molecule has 1 aliphatic heterocycles. The summed E-state index contributed by atoms with van der Waals surface area (Å²) < 4.78 is 0. The number of phenolic OH excluding ortho intramolecular Hbond substituents is 1. The SMILES string of the molecule is CC(C)(C)C1CCc2sc(C(=O)N3CCN(c4ccccc4O)CC3)cc2C1. The number of nitrogens with zero attached hydrogens (tertiary/aromatic N) is 2. The van der Waals surface area contributed by atoms with Crippen molar-refractivity contribution in [3.63, 3.8) is 0 Å². The highest BCUT2D eigenvalue weighted by Crippen LogP contribution is 2.40. The summed E-state index contributed by atoms with van der Waals surface area (Å²) in [5.74, 6) is 1.17. The fourth-order valence-electron chi connectivity index (χ4n) is 4.41. The second kappa shape index (κ2) is 7.43. The van der Waals surface area contributed by atoms with E-state index >= 15 is 0 Å². The van der Waals surface area contributed by atoms with Crippen LogP contribution < -0.4 is 4.90 Å².